The lowest BCUT2D eigenvalue weighted by atomic mass is 9.82. The minimum absolute atomic E-state index is 0.0635. The first-order valence-corrected chi connectivity index (χ1v) is 9.41. The molecule has 1 saturated heterocycles. The third kappa shape index (κ3) is 3.87. The van der Waals surface area contributed by atoms with E-state index in [9.17, 15) is 9.90 Å². The summed E-state index contributed by atoms with van der Waals surface area (Å²) < 4.78 is 0. The molecule has 3 rings (SSSR count). The summed E-state index contributed by atoms with van der Waals surface area (Å²) in [5.41, 5.74) is 1.95. The first kappa shape index (κ1) is 17.9. The van der Waals surface area contributed by atoms with Crippen LogP contribution in [0.2, 0.25) is 0 Å². The molecule has 0 atom stereocenters. The summed E-state index contributed by atoms with van der Waals surface area (Å²) in [6.45, 7) is 7.58. The second-order valence-corrected chi connectivity index (χ2v) is 7.47. The van der Waals surface area contributed by atoms with Crippen molar-refractivity contribution in [2.75, 3.05) is 13.1 Å². The first-order valence-electron chi connectivity index (χ1n) is 9.41. The van der Waals surface area contributed by atoms with E-state index in [1.165, 1.54) is 0 Å². The van der Waals surface area contributed by atoms with Gasteiger partial charge in [0.2, 0.25) is 0 Å². The summed E-state index contributed by atoms with van der Waals surface area (Å²) >= 11 is 0. The number of nitrogens with one attached hydrogen (secondary N) is 1. The molecule has 25 heavy (non-hydrogen) atoms. The van der Waals surface area contributed by atoms with Crippen LogP contribution in [0.4, 0.5) is 0 Å². The van der Waals surface area contributed by atoms with E-state index >= 15 is 0 Å². The lowest BCUT2D eigenvalue weighted by molar-refractivity contribution is -0.00131. The number of aliphatic hydroxyl groups is 1. The molecule has 2 aromatic heterocycles. The lowest BCUT2D eigenvalue weighted by Crippen LogP contribution is -2.41. The molecule has 0 aliphatic carbocycles. The van der Waals surface area contributed by atoms with Crippen LogP contribution < -0.4 is 0 Å². The number of piperidine rings is 1. The second-order valence-electron chi connectivity index (χ2n) is 7.47. The Morgan fingerprint density at radius 3 is 2.64 bits per heavy atom. The number of likely N-dealkylation sites (tertiary alicyclic amines) is 1. The zero-order chi connectivity index (χ0) is 18.0. The number of pyridine rings is 1. The average Bonchev–Trinajstić information content (AvgIpc) is 3.04. The van der Waals surface area contributed by atoms with Gasteiger partial charge in [-0.05, 0) is 57.1 Å². The van der Waals surface area contributed by atoms with Gasteiger partial charge in [-0.15, -0.1) is 0 Å². The van der Waals surface area contributed by atoms with Crippen LogP contribution in [0, 0.1) is 12.8 Å². The SMILES string of the molecule is CCC(O)(CC)CC1CCN(C(=O)c2cc3cc(C)ncc3[nH]2)CC1. The summed E-state index contributed by atoms with van der Waals surface area (Å²) in [5.74, 6) is 0.567. The molecule has 2 N–H and O–H groups in total. The molecule has 0 bridgehead atoms. The monoisotopic (exact) mass is 343 g/mol. The number of H-pyrrole nitrogens is 1. The van der Waals surface area contributed by atoms with Gasteiger partial charge in [0.05, 0.1) is 17.3 Å². The number of nitrogens with zero attached hydrogens (tertiary/aromatic N) is 2. The van der Waals surface area contributed by atoms with Crippen LogP contribution in [0.1, 0.15) is 62.1 Å². The highest BCUT2D eigenvalue weighted by molar-refractivity contribution is 5.98. The molecule has 0 unspecified atom stereocenters. The zero-order valence-corrected chi connectivity index (χ0v) is 15.5. The molecule has 1 fully saturated rings. The molecular weight excluding hydrogens is 314 g/mol. The van der Waals surface area contributed by atoms with Gasteiger partial charge >= 0.3 is 0 Å². The van der Waals surface area contributed by atoms with E-state index in [0.717, 1.165) is 61.8 Å². The maximum absolute atomic E-state index is 12.8. The van der Waals surface area contributed by atoms with Crippen molar-refractivity contribution in [3.8, 4) is 0 Å². The molecule has 0 spiro atoms. The number of aryl methyl sites for hydroxylation is 1. The van der Waals surface area contributed by atoms with Gasteiger partial charge in [-0.2, -0.15) is 0 Å². The third-order valence-corrected chi connectivity index (χ3v) is 5.76. The Balaban J connectivity index is 1.63. The number of hydrogen-bond donors (Lipinski definition) is 2. The summed E-state index contributed by atoms with van der Waals surface area (Å²) in [4.78, 5) is 22.2. The molecule has 2 aromatic rings. The lowest BCUT2D eigenvalue weighted by Gasteiger charge is -2.36. The number of amides is 1. The fraction of sp³-hybridized carbons (Fsp3) is 0.600. The Hall–Kier alpha value is -1.88. The van der Waals surface area contributed by atoms with Crippen LogP contribution in [0.15, 0.2) is 18.3 Å². The summed E-state index contributed by atoms with van der Waals surface area (Å²) in [6.07, 6.45) is 6.16. The fourth-order valence-electron chi connectivity index (χ4n) is 3.84. The molecule has 5 nitrogen and oxygen atoms in total. The first-order chi connectivity index (χ1) is 11.9. The van der Waals surface area contributed by atoms with Gasteiger partial charge in [0.1, 0.15) is 5.69 Å². The van der Waals surface area contributed by atoms with Crippen LogP contribution in [0.5, 0.6) is 0 Å². The van der Waals surface area contributed by atoms with Gasteiger partial charge in [-0.1, -0.05) is 13.8 Å². The van der Waals surface area contributed by atoms with E-state index in [0.29, 0.717) is 11.6 Å². The highest BCUT2D eigenvalue weighted by Gasteiger charge is 2.31. The van der Waals surface area contributed by atoms with E-state index in [1.807, 2.05) is 24.0 Å². The molecule has 136 valence electrons. The number of hydrogen-bond acceptors (Lipinski definition) is 3. The van der Waals surface area contributed by atoms with E-state index in [2.05, 4.69) is 23.8 Å². The summed E-state index contributed by atoms with van der Waals surface area (Å²) in [7, 11) is 0. The van der Waals surface area contributed by atoms with E-state index < -0.39 is 5.60 Å². The van der Waals surface area contributed by atoms with Crippen LogP contribution >= 0.6 is 0 Å². The maximum Gasteiger partial charge on any atom is 0.270 e. The minimum Gasteiger partial charge on any atom is -0.390 e. The minimum atomic E-state index is -0.543. The molecule has 5 heteroatoms. The van der Waals surface area contributed by atoms with Crippen LogP contribution in [-0.2, 0) is 0 Å². The Bertz CT molecular complexity index is 740. The van der Waals surface area contributed by atoms with Crippen molar-refractivity contribution in [3.63, 3.8) is 0 Å². The molecule has 0 saturated carbocycles. The van der Waals surface area contributed by atoms with Crippen molar-refractivity contribution >= 4 is 16.8 Å². The molecular formula is C20H29N3O2. The van der Waals surface area contributed by atoms with Crippen LogP contribution in [0.25, 0.3) is 10.9 Å². The normalized spacial score (nSPS) is 16.6. The molecule has 0 aromatic carbocycles. The topological polar surface area (TPSA) is 69.2 Å². The Labute approximate surface area is 149 Å². The van der Waals surface area contributed by atoms with E-state index in [1.54, 1.807) is 6.20 Å². The Morgan fingerprint density at radius 2 is 2.00 bits per heavy atom. The van der Waals surface area contributed by atoms with E-state index in [-0.39, 0.29) is 5.91 Å². The quantitative estimate of drug-likeness (QED) is 0.870. The summed E-state index contributed by atoms with van der Waals surface area (Å²) in [5, 5.41) is 11.6. The predicted molar refractivity (Wildman–Crippen MR) is 99.6 cm³/mol. The van der Waals surface area contributed by atoms with Crippen LogP contribution in [-0.4, -0.2) is 44.6 Å². The molecule has 3 heterocycles. The number of carbonyl (C=O) groups excluding carboxylic acids is 1. The highest BCUT2D eigenvalue weighted by Crippen LogP contribution is 2.31. The molecule has 1 aliphatic heterocycles. The predicted octanol–water partition coefficient (Wildman–Crippen LogP) is 3.66. The van der Waals surface area contributed by atoms with Gasteiger partial charge in [0.15, 0.2) is 0 Å². The van der Waals surface area contributed by atoms with Crippen LogP contribution in [0.3, 0.4) is 0 Å². The zero-order valence-electron chi connectivity index (χ0n) is 15.5. The van der Waals surface area contributed by atoms with E-state index in [4.69, 9.17) is 0 Å². The largest absolute Gasteiger partial charge is 0.390 e. The van der Waals surface area contributed by atoms with Crippen molar-refractivity contribution in [1.82, 2.24) is 14.9 Å². The van der Waals surface area contributed by atoms with Crippen molar-refractivity contribution in [2.24, 2.45) is 5.92 Å². The van der Waals surface area contributed by atoms with Crippen molar-refractivity contribution in [3.05, 3.63) is 29.7 Å². The van der Waals surface area contributed by atoms with Crippen molar-refractivity contribution in [1.29, 1.82) is 0 Å². The number of aromatic amines is 1. The third-order valence-electron chi connectivity index (χ3n) is 5.76. The smallest absolute Gasteiger partial charge is 0.270 e. The van der Waals surface area contributed by atoms with Crippen molar-refractivity contribution in [2.45, 2.75) is 58.5 Å². The van der Waals surface area contributed by atoms with Gasteiger partial charge in [-0.25, -0.2) is 0 Å². The van der Waals surface area contributed by atoms with Gasteiger partial charge in [0, 0.05) is 24.2 Å². The van der Waals surface area contributed by atoms with Crippen molar-refractivity contribution < 1.29 is 9.90 Å². The second kappa shape index (κ2) is 7.16. The Kier molecular flexibility index (Phi) is 5.13. The number of aromatic nitrogens is 2. The molecule has 1 amide bonds. The van der Waals surface area contributed by atoms with Gasteiger partial charge in [0.25, 0.3) is 5.91 Å². The average molecular weight is 343 g/mol. The maximum atomic E-state index is 12.8. The number of fused-ring (bicyclic) bond motifs is 1. The fourth-order valence-corrected chi connectivity index (χ4v) is 3.84. The number of carbonyl (C=O) groups is 1. The summed E-state index contributed by atoms with van der Waals surface area (Å²) in [6, 6.07) is 3.91. The molecule has 0 radical (unpaired) electrons. The standard InChI is InChI=1S/C20H29N3O2/c1-4-20(25,5-2)12-15-6-8-23(9-7-15)19(24)17-11-16-10-14(3)21-13-18(16)22-17/h10-11,13,15,22,25H,4-9,12H2,1-3H3. The molecule has 1 aliphatic rings. The van der Waals surface area contributed by atoms with Gasteiger partial charge < -0.3 is 15.0 Å². The number of rotatable bonds is 5. The van der Waals surface area contributed by atoms with Gasteiger partial charge in [-0.3, -0.25) is 9.78 Å². The highest BCUT2D eigenvalue weighted by atomic mass is 16.3. The Morgan fingerprint density at radius 1 is 1.32 bits per heavy atom.